The van der Waals surface area contributed by atoms with E-state index in [0.29, 0.717) is 16.5 Å². The van der Waals surface area contributed by atoms with E-state index in [-0.39, 0.29) is 18.7 Å². The number of carbonyl (C=O) groups excluding carboxylic acids is 1. The number of hydrogen-bond donors (Lipinski definition) is 1. The van der Waals surface area contributed by atoms with Crippen LogP contribution in [0.4, 0.5) is 0 Å². The van der Waals surface area contributed by atoms with E-state index in [1.165, 1.54) is 6.08 Å². The molecule has 1 aromatic carbocycles. The first-order valence-electron chi connectivity index (χ1n) is 7.99. The van der Waals surface area contributed by atoms with E-state index in [1.54, 1.807) is 18.2 Å². The molecular formula is C17H21ClN2O4. The maximum atomic E-state index is 12.1. The molecule has 0 unspecified atom stereocenters. The second kappa shape index (κ2) is 7.88. The number of benzene rings is 1. The smallest absolute Gasteiger partial charge is 0.244 e. The van der Waals surface area contributed by atoms with Gasteiger partial charge in [-0.1, -0.05) is 11.6 Å². The number of carbonyl (C=O) groups is 1. The van der Waals surface area contributed by atoms with Crippen molar-refractivity contribution < 1.29 is 19.0 Å². The van der Waals surface area contributed by atoms with E-state index in [2.05, 4.69) is 10.2 Å². The molecule has 0 aromatic heterocycles. The molecule has 2 aliphatic rings. The third kappa shape index (κ3) is 4.41. The first-order chi connectivity index (χ1) is 11.6. The number of amides is 1. The minimum Gasteiger partial charge on any atom is -0.454 e. The van der Waals surface area contributed by atoms with Gasteiger partial charge in [0.25, 0.3) is 0 Å². The van der Waals surface area contributed by atoms with Crippen LogP contribution < -0.4 is 14.8 Å². The summed E-state index contributed by atoms with van der Waals surface area (Å²) < 4.78 is 15.9. The first kappa shape index (κ1) is 17.1. The largest absolute Gasteiger partial charge is 0.454 e. The van der Waals surface area contributed by atoms with Gasteiger partial charge in [-0.15, -0.1) is 0 Å². The standard InChI is InChI=1S/C17H21ClN2O4/c1-12(10-20-4-6-22-7-5-20)19-16(21)3-2-13-8-14(18)17-15(9-13)23-11-24-17/h2-3,8-9,12H,4-7,10-11H2,1H3,(H,19,21)/b3-2-/t12-/m1/s1. The summed E-state index contributed by atoms with van der Waals surface area (Å²) >= 11 is 6.13. The molecule has 0 spiro atoms. The molecule has 3 rings (SSSR count). The highest BCUT2D eigenvalue weighted by Crippen LogP contribution is 2.40. The average Bonchev–Trinajstić information content (AvgIpc) is 3.03. The summed E-state index contributed by atoms with van der Waals surface area (Å²) in [7, 11) is 0. The third-order valence-electron chi connectivity index (χ3n) is 3.90. The first-order valence-corrected chi connectivity index (χ1v) is 8.37. The van der Waals surface area contributed by atoms with Crippen LogP contribution in [0.1, 0.15) is 12.5 Å². The Kier molecular flexibility index (Phi) is 5.60. The van der Waals surface area contributed by atoms with Gasteiger partial charge >= 0.3 is 0 Å². The van der Waals surface area contributed by atoms with Gasteiger partial charge in [0.05, 0.1) is 18.2 Å². The molecule has 24 heavy (non-hydrogen) atoms. The Balaban J connectivity index is 1.52. The summed E-state index contributed by atoms with van der Waals surface area (Å²) in [6, 6.07) is 3.62. The van der Waals surface area contributed by atoms with Gasteiger partial charge in [-0.3, -0.25) is 9.69 Å². The fourth-order valence-electron chi connectivity index (χ4n) is 2.76. The molecule has 2 aliphatic heterocycles. The predicted octanol–water partition coefficient (Wildman–Crippen LogP) is 1.92. The highest BCUT2D eigenvalue weighted by atomic mass is 35.5. The number of morpholine rings is 1. The lowest BCUT2D eigenvalue weighted by Gasteiger charge is -2.29. The van der Waals surface area contributed by atoms with Crippen LogP contribution in [0.2, 0.25) is 5.02 Å². The lowest BCUT2D eigenvalue weighted by molar-refractivity contribution is -0.117. The van der Waals surface area contributed by atoms with Crippen molar-refractivity contribution in [1.29, 1.82) is 0 Å². The van der Waals surface area contributed by atoms with E-state index in [9.17, 15) is 4.79 Å². The van der Waals surface area contributed by atoms with Crippen LogP contribution in [0.5, 0.6) is 11.5 Å². The second-order valence-electron chi connectivity index (χ2n) is 5.89. The molecule has 130 valence electrons. The van der Waals surface area contributed by atoms with E-state index in [4.69, 9.17) is 25.8 Å². The molecule has 2 heterocycles. The van der Waals surface area contributed by atoms with Crippen LogP contribution in [-0.2, 0) is 9.53 Å². The summed E-state index contributed by atoms with van der Waals surface area (Å²) in [4.78, 5) is 14.3. The Bertz CT molecular complexity index is 629. The van der Waals surface area contributed by atoms with Crippen molar-refractivity contribution >= 4 is 23.6 Å². The maximum absolute atomic E-state index is 12.1. The topological polar surface area (TPSA) is 60.0 Å². The van der Waals surface area contributed by atoms with Crippen molar-refractivity contribution in [2.45, 2.75) is 13.0 Å². The summed E-state index contributed by atoms with van der Waals surface area (Å²) in [5.41, 5.74) is 0.792. The average molecular weight is 353 g/mol. The molecule has 0 aliphatic carbocycles. The van der Waals surface area contributed by atoms with Crippen LogP contribution in [0, 0.1) is 0 Å². The number of ether oxygens (including phenoxy) is 3. The normalized spacial score (nSPS) is 18.8. The molecule has 1 aromatic rings. The van der Waals surface area contributed by atoms with Gasteiger partial charge in [0.15, 0.2) is 11.5 Å². The number of fused-ring (bicyclic) bond motifs is 1. The van der Waals surface area contributed by atoms with E-state index in [1.807, 2.05) is 6.92 Å². The Morgan fingerprint density at radius 1 is 1.38 bits per heavy atom. The van der Waals surface area contributed by atoms with Crippen LogP contribution >= 0.6 is 11.6 Å². The number of halogens is 1. The summed E-state index contributed by atoms with van der Waals surface area (Å²) in [6.45, 7) is 6.31. The zero-order valence-electron chi connectivity index (χ0n) is 13.6. The Hall–Kier alpha value is -1.76. The van der Waals surface area contributed by atoms with Gasteiger partial charge in [-0.05, 0) is 30.7 Å². The molecule has 0 saturated carbocycles. The van der Waals surface area contributed by atoms with E-state index < -0.39 is 0 Å². The van der Waals surface area contributed by atoms with Crippen molar-refractivity contribution in [3.8, 4) is 11.5 Å². The Labute approximate surface area is 146 Å². The van der Waals surface area contributed by atoms with Gasteiger partial charge in [0.1, 0.15) is 0 Å². The minimum absolute atomic E-state index is 0.0700. The Morgan fingerprint density at radius 3 is 2.96 bits per heavy atom. The van der Waals surface area contributed by atoms with Gasteiger partial charge in [0.2, 0.25) is 12.7 Å². The molecule has 1 saturated heterocycles. The summed E-state index contributed by atoms with van der Waals surface area (Å²) in [5.74, 6) is 1.02. The van der Waals surface area contributed by atoms with E-state index in [0.717, 1.165) is 38.4 Å². The van der Waals surface area contributed by atoms with Gasteiger partial charge in [0, 0.05) is 31.8 Å². The third-order valence-corrected chi connectivity index (χ3v) is 4.18. The second-order valence-corrected chi connectivity index (χ2v) is 6.30. The van der Waals surface area contributed by atoms with Crippen molar-refractivity contribution in [3.05, 3.63) is 28.8 Å². The lowest BCUT2D eigenvalue weighted by atomic mass is 10.2. The van der Waals surface area contributed by atoms with Crippen molar-refractivity contribution in [3.63, 3.8) is 0 Å². The fraction of sp³-hybridized carbons (Fsp3) is 0.471. The van der Waals surface area contributed by atoms with Crippen LogP contribution in [0.25, 0.3) is 6.08 Å². The molecule has 7 heteroatoms. The van der Waals surface area contributed by atoms with Crippen LogP contribution in [-0.4, -0.2) is 56.5 Å². The molecule has 6 nitrogen and oxygen atoms in total. The van der Waals surface area contributed by atoms with Gasteiger partial charge < -0.3 is 19.5 Å². The molecule has 1 amide bonds. The zero-order valence-corrected chi connectivity index (χ0v) is 14.3. The zero-order chi connectivity index (χ0) is 16.9. The lowest BCUT2D eigenvalue weighted by Crippen LogP contribution is -2.45. The molecule has 1 N–H and O–H groups in total. The minimum atomic E-state index is -0.135. The Morgan fingerprint density at radius 2 is 2.17 bits per heavy atom. The molecule has 1 atom stereocenters. The fourth-order valence-corrected chi connectivity index (χ4v) is 3.04. The quantitative estimate of drug-likeness (QED) is 0.820. The number of hydrogen-bond acceptors (Lipinski definition) is 5. The van der Waals surface area contributed by atoms with E-state index >= 15 is 0 Å². The van der Waals surface area contributed by atoms with Gasteiger partial charge in [-0.2, -0.15) is 0 Å². The number of nitrogens with zero attached hydrogens (tertiary/aromatic N) is 1. The van der Waals surface area contributed by atoms with Crippen molar-refractivity contribution in [2.75, 3.05) is 39.6 Å². The van der Waals surface area contributed by atoms with Crippen LogP contribution in [0.15, 0.2) is 18.2 Å². The van der Waals surface area contributed by atoms with Crippen molar-refractivity contribution in [2.24, 2.45) is 0 Å². The predicted molar refractivity (Wildman–Crippen MR) is 91.5 cm³/mol. The maximum Gasteiger partial charge on any atom is 0.244 e. The van der Waals surface area contributed by atoms with Gasteiger partial charge in [-0.25, -0.2) is 0 Å². The van der Waals surface area contributed by atoms with Crippen molar-refractivity contribution in [1.82, 2.24) is 10.2 Å². The highest BCUT2D eigenvalue weighted by molar-refractivity contribution is 6.32. The number of nitrogens with one attached hydrogen (secondary N) is 1. The number of rotatable bonds is 5. The molecular weight excluding hydrogens is 332 g/mol. The molecule has 1 fully saturated rings. The SMILES string of the molecule is C[C@H](CN1CCOCC1)NC(=O)/C=C\c1cc(Cl)c2c(c1)OCO2. The summed E-state index contributed by atoms with van der Waals surface area (Å²) in [6.07, 6.45) is 3.22. The molecule has 0 radical (unpaired) electrons. The monoisotopic (exact) mass is 352 g/mol. The highest BCUT2D eigenvalue weighted by Gasteiger charge is 2.18. The summed E-state index contributed by atoms with van der Waals surface area (Å²) in [5, 5.41) is 3.44. The molecule has 0 bridgehead atoms. The van der Waals surface area contributed by atoms with Crippen LogP contribution in [0.3, 0.4) is 0 Å².